The van der Waals surface area contributed by atoms with E-state index in [1.54, 1.807) is 11.8 Å². The van der Waals surface area contributed by atoms with E-state index in [1.165, 1.54) is 0 Å². The van der Waals surface area contributed by atoms with Crippen molar-refractivity contribution in [1.29, 1.82) is 0 Å². The number of hydrogen-bond acceptors (Lipinski definition) is 4. The van der Waals surface area contributed by atoms with Gasteiger partial charge in [-0.2, -0.15) is 0 Å². The largest absolute Gasteiger partial charge is 0.356 e. The molecule has 1 aromatic carbocycles. The predicted octanol–water partition coefficient (Wildman–Crippen LogP) is 2.40. The van der Waals surface area contributed by atoms with Crippen LogP contribution in [0, 0.1) is 5.92 Å². The Morgan fingerprint density at radius 3 is 2.41 bits per heavy atom. The van der Waals surface area contributed by atoms with Gasteiger partial charge in [0, 0.05) is 39.5 Å². The predicted molar refractivity (Wildman–Crippen MR) is 130 cm³/mol. The number of likely N-dealkylation sites (tertiary alicyclic amines) is 1. The van der Waals surface area contributed by atoms with Crippen LogP contribution in [0.25, 0.3) is 0 Å². The number of amides is 4. The van der Waals surface area contributed by atoms with E-state index in [0.29, 0.717) is 32.6 Å². The summed E-state index contributed by atoms with van der Waals surface area (Å²) in [5.41, 5.74) is 0.925. The molecular weight excluding hydrogens is 432 g/mol. The van der Waals surface area contributed by atoms with Gasteiger partial charge < -0.3 is 20.4 Å². The summed E-state index contributed by atoms with van der Waals surface area (Å²) in [4.78, 5) is 53.5. The van der Waals surface area contributed by atoms with Gasteiger partial charge in [-0.1, -0.05) is 43.2 Å². The van der Waals surface area contributed by atoms with E-state index in [2.05, 4.69) is 10.6 Å². The second-order valence-electron chi connectivity index (χ2n) is 9.41. The number of rotatable bonds is 5. The van der Waals surface area contributed by atoms with Crippen LogP contribution in [0.1, 0.15) is 69.9 Å². The lowest BCUT2D eigenvalue weighted by molar-refractivity contribution is -0.136. The molecule has 2 aliphatic heterocycles. The molecule has 2 heterocycles. The molecular formula is C26H38N4O4. The van der Waals surface area contributed by atoms with Crippen molar-refractivity contribution in [2.75, 3.05) is 32.7 Å². The van der Waals surface area contributed by atoms with Crippen LogP contribution in [0.4, 0.5) is 0 Å². The molecule has 4 amide bonds. The summed E-state index contributed by atoms with van der Waals surface area (Å²) < 4.78 is 0. The minimum Gasteiger partial charge on any atom is -0.356 e. The molecule has 8 nitrogen and oxygen atoms in total. The van der Waals surface area contributed by atoms with Crippen LogP contribution in [-0.4, -0.2) is 66.2 Å². The van der Waals surface area contributed by atoms with Gasteiger partial charge in [-0.05, 0) is 37.2 Å². The molecule has 0 radical (unpaired) electrons. The quantitative estimate of drug-likeness (QED) is 0.690. The van der Waals surface area contributed by atoms with Gasteiger partial charge in [0.25, 0.3) is 0 Å². The van der Waals surface area contributed by atoms with Gasteiger partial charge in [-0.3, -0.25) is 19.2 Å². The first-order valence-corrected chi connectivity index (χ1v) is 12.6. The van der Waals surface area contributed by atoms with Crippen LogP contribution in [0.5, 0.6) is 0 Å². The summed E-state index contributed by atoms with van der Waals surface area (Å²) in [5.74, 6) is -0.0635. The average Bonchev–Trinajstić information content (AvgIpc) is 2.88. The first-order valence-electron chi connectivity index (χ1n) is 12.6. The molecule has 0 bridgehead atoms. The van der Waals surface area contributed by atoms with Crippen molar-refractivity contribution < 1.29 is 19.2 Å². The van der Waals surface area contributed by atoms with Gasteiger partial charge in [-0.15, -0.1) is 0 Å². The average molecular weight is 471 g/mol. The maximum atomic E-state index is 13.3. The Morgan fingerprint density at radius 1 is 1.00 bits per heavy atom. The Hall–Kier alpha value is -2.90. The van der Waals surface area contributed by atoms with Crippen LogP contribution >= 0.6 is 0 Å². The molecule has 0 aliphatic carbocycles. The topological polar surface area (TPSA) is 98.8 Å². The number of hydrogen-bond donors (Lipinski definition) is 2. The molecule has 8 heteroatoms. The van der Waals surface area contributed by atoms with Crippen molar-refractivity contribution >= 4 is 23.6 Å². The Kier molecular flexibility index (Phi) is 9.91. The smallest absolute Gasteiger partial charge is 0.242 e. The van der Waals surface area contributed by atoms with Crippen molar-refractivity contribution in [2.45, 2.75) is 64.3 Å². The fraction of sp³-hybridized carbons (Fsp3) is 0.615. The van der Waals surface area contributed by atoms with E-state index in [1.807, 2.05) is 35.2 Å². The highest BCUT2D eigenvalue weighted by Crippen LogP contribution is 2.26. The molecule has 1 atom stereocenters. The van der Waals surface area contributed by atoms with Gasteiger partial charge in [0.05, 0.1) is 19.0 Å². The highest BCUT2D eigenvalue weighted by molar-refractivity contribution is 5.86. The van der Waals surface area contributed by atoms with Crippen molar-refractivity contribution in [3.63, 3.8) is 0 Å². The third-order valence-electron chi connectivity index (χ3n) is 6.88. The van der Waals surface area contributed by atoms with Crippen LogP contribution in [0.15, 0.2) is 30.3 Å². The van der Waals surface area contributed by atoms with E-state index in [9.17, 15) is 19.2 Å². The molecule has 186 valence electrons. The van der Waals surface area contributed by atoms with E-state index in [0.717, 1.165) is 44.1 Å². The van der Waals surface area contributed by atoms with Gasteiger partial charge in [0.1, 0.15) is 0 Å². The second kappa shape index (κ2) is 13.1. The van der Waals surface area contributed by atoms with Gasteiger partial charge in [-0.25, -0.2) is 0 Å². The number of nitrogens with one attached hydrogen (secondary N) is 2. The summed E-state index contributed by atoms with van der Waals surface area (Å²) in [6.45, 7) is 4.08. The van der Waals surface area contributed by atoms with Crippen molar-refractivity contribution in [1.82, 2.24) is 20.4 Å². The monoisotopic (exact) mass is 470 g/mol. The highest BCUT2D eigenvalue weighted by atomic mass is 16.2. The number of nitrogens with zero attached hydrogens (tertiary/aromatic N) is 2. The van der Waals surface area contributed by atoms with Crippen molar-refractivity contribution in [2.24, 2.45) is 5.92 Å². The molecule has 2 saturated heterocycles. The lowest BCUT2D eigenvalue weighted by atomic mass is 9.93. The summed E-state index contributed by atoms with van der Waals surface area (Å²) >= 11 is 0. The summed E-state index contributed by atoms with van der Waals surface area (Å²) in [6, 6.07) is 9.29. The van der Waals surface area contributed by atoms with E-state index < -0.39 is 0 Å². The number of benzene rings is 1. The third-order valence-corrected chi connectivity index (χ3v) is 6.88. The highest BCUT2D eigenvalue weighted by Gasteiger charge is 2.28. The van der Waals surface area contributed by atoms with Crippen LogP contribution in [0.2, 0.25) is 0 Å². The number of carbonyl (C=O) groups excluding carboxylic acids is 4. The molecule has 2 N–H and O–H groups in total. The maximum absolute atomic E-state index is 13.3. The number of carbonyl (C=O) groups is 4. The Balaban J connectivity index is 1.61. The lowest BCUT2D eigenvalue weighted by Crippen LogP contribution is -2.44. The summed E-state index contributed by atoms with van der Waals surface area (Å²) in [6.07, 6.45) is 5.99. The zero-order valence-corrected chi connectivity index (χ0v) is 20.3. The minimum atomic E-state index is -0.361. The molecule has 0 aromatic heterocycles. The molecule has 0 saturated carbocycles. The van der Waals surface area contributed by atoms with Gasteiger partial charge in [0.15, 0.2) is 0 Å². The molecule has 1 unspecified atom stereocenters. The third kappa shape index (κ3) is 7.85. The molecule has 2 aliphatic rings. The second-order valence-corrected chi connectivity index (χ2v) is 9.41. The van der Waals surface area contributed by atoms with E-state index >= 15 is 0 Å². The van der Waals surface area contributed by atoms with E-state index in [-0.39, 0.29) is 48.6 Å². The fourth-order valence-electron chi connectivity index (χ4n) is 4.84. The molecule has 0 spiro atoms. The fourth-order valence-corrected chi connectivity index (χ4v) is 4.84. The Labute approximate surface area is 202 Å². The SMILES string of the molecule is CC(=O)N1CCC(CC(=O)NCC(=O)N2CCCCCCNC(=O)CC2c2ccccc2)CC1. The first kappa shape index (κ1) is 25.7. The first-order chi connectivity index (χ1) is 16.4. The van der Waals surface area contributed by atoms with Crippen molar-refractivity contribution in [3.05, 3.63) is 35.9 Å². The molecule has 1 aromatic rings. The maximum Gasteiger partial charge on any atom is 0.242 e. The lowest BCUT2D eigenvalue weighted by Gasteiger charge is -2.32. The normalized spacial score (nSPS) is 20.7. The van der Waals surface area contributed by atoms with E-state index in [4.69, 9.17) is 0 Å². The molecule has 34 heavy (non-hydrogen) atoms. The Bertz CT molecular complexity index is 836. The van der Waals surface area contributed by atoms with Gasteiger partial charge in [0.2, 0.25) is 23.6 Å². The zero-order chi connectivity index (χ0) is 24.3. The van der Waals surface area contributed by atoms with Crippen LogP contribution in [0.3, 0.4) is 0 Å². The minimum absolute atomic E-state index is 0.0607. The van der Waals surface area contributed by atoms with Crippen LogP contribution < -0.4 is 10.6 Å². The zero-order valence-electron chi connectivity index (χ0n) is 20.3. The summed E-state index contributed by atoms with van der Waals surface area (Å²) in [5, 5.41) is 5.78. The van der Waals surface area contributed by atoms with Crippen molar-refractivity contribution in [3.8, 4) is 0 Å². The van der Waals surface area contributed by atoms with Gasteiger partial charge >= 0.3 is 0 Å². The Morgan fingerprint density at radius 2 is 1.71 bits per heavy atom. The molecule has 3 rings (SSSR count). The molecule has 2 fully saturated rings. The van der Waals surface area contributed by atoms with Crippen LogP contribution in [-0.2, 0) is 19.2 Å². The number of piperidine rings is 1. The summed E-state index contributed by atoms with van der Waals surface area (Å²) in [7, 11) is 0. The standard InChI is InChI=1S/C26H38N4O4/c1-20(31)29-15-11-21(12-16-29)17-24(32)28-19-26(34)30-14-8-3-2-7-13-27-25(33)18-23(30)22-9-5-4-6-10-22/h4-6,9-10,21,23H,2-3,7-8,11-19H2,1H3,(H,27,33)(H,28,32).